The normalized spacial score (nSPS) is 22.3. The van der Waals surface area contributed by atoms with Crippen molar-refractivity contribution < 1.29 is 26.9 Å². The smallest absolute Gasteiger partial charge is 0.406 e. The fourth-order valence-corrected chi connectivity index (χ4v) is 4.55. The van der Waals surface area contributed by atoms with Crippen LogP contribution in [0, 0.1) is 0 Å². The zero-order valence-electron chi connectivity index (χ0n) is 14.6. The van der Waals surface area contributed by atoms with Gasteiger partial charge in [-0.3, -0.25) is 4.79 Å². The summed E-state index contributed by atoms with van der Waals surface area (Å²) in [6.45, 7) is 0.867. The third-order valence-electron chi connectivity index (χ3n) is 4.39. The maximum atomic E-state index is 13.2. The lowest BCUT2D eigenvalue weighted by atomic mass is 10.1. The van der Waals surface area contributed by atoms with E-state index in [9.17, 15) is 22.2 Å². The van der Waals surface area contributed by atoms with Gasteiger partial charge in [-0.2, -0.15) is 0 Å². The second-order valence-electron chi connectivity index (χ2n) is 6.71. The molecule has 1 saturated carbocycles. The number of hydrogen-bond acceptors (Lipinski definition) is 3. The highest BCUT2D eigenvalue weighted by molar-refractivity contribution is 7.98. The molecule has 1 atom stereocenters. The Hall–Kier alpha value is -2.00. The van der Waals surface area contributed by atoms with E-state index >= 15 is 0 Å². The Labute approximate surface area is 156 Å². The number of hydrogen-bond donors (Lipinski definition) is 1. The van der Waals surface area contributed by atoms with E-state index in [1.54, 1.807) is 10.4 Å². The highest BCUT2D eigenvalue weighted by atomic mass is 32.2. The van der Waals surface area contributed by atoms with Gasteiger partial charge in [-0.15, -0.1) is 13.2 Å². The van der Waals surface area contributed by atoms with E-state index in [-0.39, 0.29) is 17.7 Å². The van der Waals surface area contributed by atoms with Crippen LogP contribution in [0.25, 0.3) is 0 Å². The minimum Gasteiger partial charge on any atom is -0.406 e. The van der Waals surface area contributed by atoms with Crippen LogP contribution in [0.5, 0.6) is 5.75 Å². The maximum absolute atomic E-state index is 13.2. The van der Waals surface area contributed by atoms with Crippen LogP contribution in [-0.4, -0.2) is 45.8 Å². The molecule has 0 radical (unpaired) electrons. The fraction of sp³-hybridized carbons (Fsp3) is 0.444. The quantitative estimate of drug-likeness (QED) is 0.609. The highest BCUT2D eigenvalue weighted by Gasteiger charge is 2.31. The van der Waals surface area contributed by atoms with Gasteiger partial charge in [0.2, 0.25) is 5.91 Å². The van der Waals surface area contributed by atoms with Crippen LogP contribution in [0.4, 0.5) is 13.2 Å². The van der Waals surface area contributed by atoms with Crippen LogP contribution in [-0.2, 0) is 14.5 Å². The number of rotatable bonds is 5. The monoisotopic (exact) mass is 402 g/mol. The topological polar surface area (TPSA) is 58.6 Å². The predicted molar refractivity (Wildman–Crippen MR) is 96.7 cm³/mol. The molecule has 5 nitrogen and oxygen atoms in total. The van der Waals surface area contributed by atoms with Crippen LogP contribution in [0.2, 0.25) is 0 Å². The second kappa shape index (κ2) is 7.55. The van der Waals surface area contributed by atoms with Crippen molar-refractivity contribution in [1.82, 2.24) is 9.62 Å². The molecule has 2 aliphatic rings. The lowest BCUT2D eigenvalue weighted by Gasteiger charge is -2.31. The van der Waals surface area contributed by atoms with Crippen LogP contribution >= 0.6 is 0 Å². The molecule has 1 aromatic rings. The van der Waals surface area contributed by atoms with E-state index in [0.717, 1.165) is 43.4 Å². The number of halogens is 3. The number of ether oxygens (including phenoxy) is 1. The van der Waals surface area contributed by atoms with Crippen molar-refractivity contribution in [3.05, 3.63) is 35.9 Å². The van der Waals surface area contributed by atoms with E-state index in [1.165, 1.54) is 12.1 Å². The van der Waals surface area contributed by atoms with Gasteiger partial charge in [-0.05, 0) is 61.4 Å². The molecular weight excluding hydrogens is 381 g/mol. The zero-order valence-corrected chi connectivity index (χ0v) is 15.4. The number of carbonyl (C=O) groups excluding carboxylic acids is 1. The van der Waals surface area contributed by atoms with Gasteiger partial charge in [0.15, 0.2) is 0 Å². The Morgan fingerprint density at radius 3 is 2.56 bits per heavy atom. The van der Waals surface area contributed by atoms with Crippen molar-refractivity contribution in [3.63, 3.8) is 0 Å². The molecule has 9 heteroatoms. The molecule has 3 rings (SSSR count). The average molecular weight is 402 g/mol. The lowest BCUT2D eigenvalue weighted by Crippen LogP contribution is -2.37. The first kappa shape index (κ1) is 19.8. The van der Waals surface area contributed by atoms with Crippen LogP contribution in [0.3, 0.4) is 0 Å². The molecule has 1 unspecified atom stereocenters. The van der Waals surface area contributed by atoms with Gasteiger partial charge in [-0.25, -0.2) is 8.51 Å². The Bertz CT molecular complexity index is 828. The standard InChI is InChI=1S/C18H21F3N2O3S/c1-27(25,16-8-6-15(7-9-16)26-18(19,20)21)23-10-2-3-13(12-23)11-17(24)22-14-4-5-14/h6-9,11,14H,1-5,10,12H2,(H,22,24)/b13-11-. The molecule has 148 valence electrons. The molecule has 27 heavy (non-hydrogen) atoms. The third-order valence-corrected chi connectivity index (χ3v) is 6.54. The van der Waals surface area contributed by atoms with E-state index in [0.29, 0.717) is 18.0 Å². The minimum absolute atomic E-state index is 0.140. The number of alkyl halides is 3. The molecule has 0 aromatic heterocycles. The average Bonchev–Trinajstić information content (AvgIpc) is 3.38. The van der Waals surface area contributed by atoms with E-state index in [2.05, 4.69) is 15.9 Å². The van der Waals surface area contributed by atoms with Crippen molar-refractivity contribution in [3.8, 4) is 5.75 Å². The molecule has 0 spiro atoms. The Balaban J connectivity index is 1.69. The highest BCUT2D eigenvalue weighted by Crippen LogP contribution is 2.27. The molecule has 1 aliphatic heterocycles. The minimum atomic E-state index is -4.78. The van der Waals surface area contributed by atoms with Gasteiger partial charge < -0.3 is 10.1 Å². The molecule has 1 N–H and O–H groups in total. The summed E-state index contributed by atoms with van der Waals surface area (Å²) in [5, 5.41) is 2.88. The predicted octanol–water partition coefficient (Wildman–Crippen LogP) is 2.88. The van der Waals surface area contributed by atoms with Gasteiger partial charge in [0.05, 0.1) is 9.71 Å². The molecule has 1 amide bonds. The summed E-state index contributed by atoms with van der Waals surface area (Å²) in [6, 6.07) is 5.17. The van der Waals surface area contributed by atoms with Crippen molar-refractivity contribution in [2.45, 2.75) is 43.0 Å². The molecular formula is C18H21F3N2O3S. The zero-order chi connectivity index (χ0) is 19.7. The van der Waals surface area contributed by atoms with Crippen LogP contribution in [0.15, 0.2) is 40.8 Å². The van der Waals surface area contributed by atoms with Crippen LogP contribution in [0.1, 0.15) is 25.7 Å². The van der Waals surface area contributed by atoms with Gasteiger partial charge in [0.1, 0.15) is 5.75 Å². The SMILES string of the molecule is C=S(=O)(c1ccc(OC(F)(F)F)cc1)N1CCC/C(=C/C(=O)NC2CC2)C1. The molecule has 1 aliphatic carbocycles. The summed E-state index contributed by atoms with van der Waals surface area (Å²) < 4.78 is 55.5. The first-order valence-electron chi connectivity index (χ1n) is 8.61. The van der Waals surface area contributed by atoms with E-state index < -0.39 is 16.1 Å². The number of amides is 1. The Morgan fingerprint density at radius 1 is 1.30 bits per heavy atom. The number of nitrogens with zero attached hydrogens (tertiary/aromatic N) is 1. The summed E-state index contributed by atoms with van der Waals surface area (Å²) in [5.41, 5.74) is 0.868. The molecule has 2 fully saturated rings. The van der Waals surface area contributed by atoms with Crippen LogP contribution < -0.4 is 10.1 Å². The Kier molecular flexibility index (Phi) is 5.53. The summed E-state index contributed by atoms with van der Waals surface area (Å²) in [6.07, 6.45) is 0.248. The summed E-state index contributed by atoms with van der Waals surface area (Å²) in [4.78, 5) is 12.3. The van der Waals surface area contributed by atoms with Gasteiger partial charge in [0, 0.05) is 30.1 Å². The van der Waals surface area contributed by atoms with Crippen molar-refractivity contribution in [1.29, 1.82) is 0 Å². The molecule has 1 heterocycles. The number of piperidine rings is 1. The second-order valence-corrected chi connectivity index (χ2v) is 8.98. The fourth-order valence-electron chi connectivity index (χ4n) is 2.90. The molecule has 1 aromatic carbocycles. The van der Waals surface area contributed by atoms with Crippen molar-refractivity contribution in [2.24, 2.45) is 0 Å². The van der Waals surface area contributed by atoms with Gasteiger partial charge in [-0.1, -0.05) is 0 Å². The summed E-state index contributed by atoms with van der Waals surface area (Å²) in [7, 11) is -2.88. The van der Waals surface area contributed by atoms with E-state index in [4.69, 9.17) is 0 Å². The van der Waals surface area contributed by atoms with Crippen molar-refractivity contribution >= 4 is 21.5 Å². The summed E-state index contributed by atoms with van der Waals surface area (Å²) >= 11 is 0. The van der Waals surface area contributed by atoms with Gasteiger partial charge >= 0.3 is 6.36 Å². The third kappa shape index (κ3) is 5.49. The first-order chi connectivity index (χ1) is 12.6. The largest absolute Gasteiger partial charge is 0.573 e. The lowest BCUT2D eigenvalue weighted by molar-refractivity contribution is -0.274. The van der Waals surface area contributed by atoms with Gasteiger partial charge in [0.25, 0.3) is 0 Å². The number of benzene rings is 1. The van der Waals surface area contributed by atoms with E-state index in [1.807, 2.05) is 0 Å². The van der Waals surface area contributed by atoms with Crippen molar-refractivity contribution in [2.75, 3.05) is 13.1 Å². The number of nitrogens with one attached hydrogen (secondary N) is 1. The maximum Gasteiger partial charge on any atom is 0.573 e. The first-order valence-corrected chi connectivity index (χ1v) is 10.3. The Morgan fingerprint density at radius 2 is 1.96 bits per heavy atom. The molecule has 0 bridgehead atoms. The number of carbonyl (C=O) groups is 1. The summed E-state index contributed by atoms with van der Waals surface area (Å²) in [5.74, 6) is 3.29. The molecule has 1 saturated heterocycles.